The molecule has 1 saturated heterocycles. The Kier molecular flexibility index (Phi) is 6.42. The predicted octanol–water partition coefficient (Wildman–Crippen LogP) is 2.98. The molecule has 26 heavy (non-hydrogen) atoms. The quantitative estimate of drug-likeness (QED) is 0.806. The Hall–Kier alpha value is -2.17. The molecule has 1 amide bonds. The summed E-state index contributed by atoms with van der Waals surface area (Å²) >= 11 is 0. The lowest BCUT2D eigenvalue weighted by molar-refractivity contribution is -0.123. The van der Waals surface area contributed by atoms with Gasteiger partial charge >= 0.3 is 0 Å². The molecule has 0 saturated carbocycles. The second-order valence-corrected chi connectivity index (χ2v) is 7.39. The van der Waals surface area contributed by atoms with E-state index < -0.39 is 0 Å². The highest BCUT2D eigenvalue weighted by molar-refractivity contribution is 5.76. The Morgan fingerprint density at radius 3 is 2.62 bits per heavy atom. The summed E-state index contributed by atoms with van der Waals surface area (Å²) in [6.45, 7) is 6.54. The number of nitrogens with one attached hydrogen (secondary N) is 1. The van der Waals surface area contributed by atoms with Crippen molar-refractivity contribution >= 4 is 5.91 Å². The number of aryl methyl sites for hydroxylation is 1. The minimum Gasteiger partial charge on any atom is -0.369 e. The van der Waals surface area contributed by atoms with Crippen LogP contribution in [0, 0.1) is 12.8 Å². The van der Waals surface area contributed by atoms with Crippen LogP contribution in [0.2, 0.25) is 0 Å². The van der Waals surface area contributed by atoms with E-state index in [9.17, 15) is 4.79 Å². The number of piperidine rings is 1. The van der Waals surface area contributed by atoms with Gasteiger partial charge in [0.2, 0.25) is 5.91 Å². The van der Waals surface area contributed by atoms with Gasteiger partial charge in [0.1, 0.15) is 0 Å². The highest BCUT2D eigenvalue weighted by atomic mass is 16.1. The van der Waals surface area contributed by atoms with Gasteiger partial charge in [-0.05, 0) is 43.0 Å². The zero-order valence-electron chi connectivity index (χ0n) is 15.6. The number of carbonyl (C=O) groups excluding carboxylic acids is 1. The average Bonchev–Trinajstić information content (AvgIpc) is 2.64. The molecule has 1 unspecified atom stereocenters. The lowest BCUT2D eigenvalue weighted by atomic mass is 9.97. The Morgan fingerprint density at radius 1 is 1.12 bits per heavy atom. The summed E-state index contributed by atoms with van der Waals surface area (Å²) in [6, 6.07) is 17.3. The number of hydrogen-bond donors (Lipinski definition) is 2. The van der Waals surface area contributed by atoms with E-state index in [1.165, 1.54) is 22.3 Å². The molecule has 138 valence electrons. The predicted molar refractivity (Wildman–Crippen MR) is 105 cm³/mol. The molecule has 4 nitrogen and oxygen atoms in total. The molecule has 1 aliphatic rings. The second-order valence-electron chi connectivity index (χ2n) is 7.39. The third-order valence-corrected chi connectivity index (χ3v) is 5.08. The summed E-state index contributed by atoms with van der Waals surface area (Å²) in [5.74, 6) is -0.160. The van der Waals surface area contributed by atoms with Crippen molar-refractivity contribution in [1.29, 1.82) is 0 Å². The first-order valence-corrected chi connectivity index (χ1v) is 9.46. The van der Waals surface area contributed by atoms with E-state index in [1.807, 2.05) is 0 Å². The van der Waals surface area contributed by atoms with Crippen LogP contribution < -0.4 is 11.1 Å². The van der Waals surface area contributed by atoms with Gasteiger partial charge < -0.3 is 11.1 Å². The Bertz CT molecular complexity index is 726. The van der Waals surface area contributed by atoms with Gasteiger partial charge in [0.05, 0.1) is 5.92 Å². The highest BCUT2D eigenvalue weighted by Crippen LogP contribution is 2.18. The maximum Gasteiger partial charge on any atom is 0.221 e. The number of primary amides is 1. The Labute approximate surface area is 156 Å². The zero-order chi connectivity index (χ0) is 18.4. The van der Waals surface area contributed by atoms with Crippen molar-refractivity contribution in [2.45, 2.75) is 39.4 Å². The third-order valence-electron chi connectivity index (χ3n) is 5.08. The fourth-order valence-electron chi connectivity index (χ4n) is 3.58. The topological polar surface area (TPSA) is 58.4 Å². The fourth-order valence-corrected chi connectivity index (χ4v) is 3.58. The molecular weight excluding hydrogens is 322 g/mol. The fraction of sp³-hybridized carbons (Fsp3) is 0.409. The van der Waals surface area contributed by atoms with E-state index in [0.29, 0.717) is 0 Å². The minimum absolute atomic E-state index is 0.00288. The first kappa shape index (κ1) is 18.6. The van der Waals surface area contributed by atoms with Crippen LogP contribution in [0.15, 0.2) is 48.5 Å². The van der Waals surface area contributed by atoms with Gasteiger partial charge in [0.15, 0.2) is 0 Å². The van der Waals surface area contributed by atoms with Crippen LogP contribution in [-0.4, -0.2) is 23.9 Å². The number of nitrogens with zero attached hydrogens (tertiary/aromatic N) is 1. The van der Waals surface area contributed by atoms with Crippen molar-refractivity contribution < 1.29 is 4.79 Å². The van der Waals surface area contributed by atoms with E-state index in [4.69, 9.17) is 5.73 Å². The van der Waals surface area contributed by atoms with Crippen LogP contribution in [0.3, 0.4) is 0 Å². The van der Waals surface area contributed by atoms with Gasteiger partial charge in [0.25, 0.3) is 0 Å². The molecule has 2 aromatic carbocycles. The van der Waals surface area contributed by atoms with E-state index in [2.05, 4.69) is 65.7 Å². The second kappa shape index (κ2) is 8.97. The molecule has 0 radical (unpaired) electrons. The third kappa shape index (κ3) is 5.41. The van der Waals surface area contributed by atoms with Gasteiger partial charge in [0, 0.05) is 26.2 Å². The van der Waals surface area contributed by atoms with Crippen molar-refractivity contribution in [3.63, 3.8) is 0 Å². The van der Waals surface area contributed by atoms with Crippen molar-refractivity contribution in [2.75, 3.05) is 13.1 Å². The van der Waals surface area contributed by atoms with E-state index in [-0.39, 0.29) is 11.8 Å². The summed E-state index contributed by atoms with van der Waals surface area (Å²) < 4.78 is 0. The van der Waals surface area contributed by atoms with Crippen LogP contribution in [0.4, 0.5) is 0 Å². The Morgan fingerprint density at radius 2 is 1.85 bits per heavy atom. The van der Waals surface area contributed by atoms with Gasteiger partial charge in [-0.1, -0.05) is 54.1 Å². The van der Waals surface area contributed by atoms with E-state index >= 15 is 0 Å². The van der Waals surface area contributed by atoms with Crippen molar-refractivity contribution in [1.82, 2.24) is 10.2 Å². The number of likely N-dealkylation sites (tertiary alicyclic amines) is 1. The SMILES string of the molecule is Cc1ccc(CNCc2cccc(CN3CCCC(C(N)=O)C3)c2)cc1. The van der Waals surface area contributed by atoms with Crippen LogP contribution in [0.1, 0.15) is 35.1 Å². The van der Waals surface area contributed by atoms with Gasteiger partial charge in [-0.2, -0.15) is 0 Å². The van der Waals surface area contributed by atoms with Gasteiger partial charge in [-0.15, -0.1) is 0 Å². The standard InChI is InChI=1S/C22H29N3O/c1-17-7-9-18(10-8-17)13-24-14-19-4-2-5-20(12-19)15-25-11-3-6-21(16-25)22(23)26/h2,4-5,7-10,12,21,24H,3,6,11,13-16H2,1H3,(H2,23,26). The molecule has 2 aromatic rings. The largest absolute Gasteiger partial charge is 0.369 e. The molecule has 3 rings (SSSR count). The van der Waals surface area contributed by atoms with Gasteiger partial charge in [-0.25, -0.2) is 0 Å². The maximum atomic E-state index is 11.4. The minimum atomic E-state index is -0.163. The molecule has 4 heteroatoms. The average molecular weight is 351 g/mol. The lowest BCUT2D eigenvalue weighted by Gasteiger charge is -2.31. The van der Waals surface area contributed by atoms with Crippen molar-refractivity contribution in [3.8, 4) is 0 Å². The highest BCUT2D eigenvalue weighted by Gasteiger charge is 2.23. The van der Waals surface area contributed by atoms with Crippen LogP contribution >= 0.6 is 0 Å². The molecular formula is C22H29N3O. The number of hydrogen-bond acceptors (Lipinski definition) is 3. The zero-order valence-corrected chi connectivity index (χ0v) is 15.6. The first-order valence-electron chi connectivity index (χ1n) is 9.46. The number of amides is 1. The molecule has 0 aromatic heterocycles. The maximum absolute atomic E-state index is 11.4. The molecule has 0 bridgehead atoms. The Balaban J connectivity index is 1.51. The summed E-state index contributed by atoms with van der Waals surface area (Å²) in [5.41, 5.74) is 10.7. The normalized spacial score (nSPS) is 18.0. The smallest absolute Gasteiger partial charge is 0.221 e. The lowest BCUT2D eigenvalue weighted by Crippen LogP contribution is -2.40. The van der Waals surface area contributed by atoms with Gasteiger partial charge in [-0.3, -0.25) is 9.69 Å². The summed E-state index contributed by atoms with van der Waals surface area (Å²) in [5, 5.41) is 3.52. The summed E-state index contributed by atoms with van der Waals surface area (Å²) in [7, 11) is 0. The first-order chi connectivity index (χ1) is 12.6. The molecule has 1 fully saturated rings. The number of nitrogens with two attached hydrogens (primary N) is 1. The molecule has 0 spiro atoms. The number of carbonyl (C=O) groups is 1. The van der Waals surface area contributed by atoms with Crippen molar-refractivity contribution in [3.05, 3.63) is 70.8 Å². The van der Waals surface area contributed by atoms with Crippen LogP contribution in [0.5, 0.6) is 0 Å². The summed E-state index contributed by atoms with van der Waals surface area (Å²) in [4.78, 5) is 13.8. The van der Waals surface area contributed by atoms with E-state index in [0.717, 1.165) is 45.6 Å². The van der Waals surface area contributed by atoms with Crippen LogP contribution in [0.25, 0.3) is 0 Å². The molecule has 1 atom stereocenters. The molecule has 0 aliphatic carbocycles. The molecule has 3 N–H and O–H groups in total. The monoisotopic (exact) mass is 351 g/mol. The summed E-state index contributed by atoms with van der Waals surface area (Å²) in [6.07, 6.45) is 1.97. The van der Waals surface area contributed by atoms with Crippen molar-refractivity contribution in [2.24, 2.45) is 11.7 Å². The van der Waals surface area contributed by atoms with E-state index in [1.54, 1.807) is 0 Å². The number of rotatable bonds is 7. The molecule has 1 heterocycles. The van der Waals surface area contributed by atoms with Crippen LogP contribution in [-0.2, 0) is 24.4 Å². The number of benzene rings is 2. The molecule has 1 aliphatic heterocycles.